The highest BCUT2D eigenvalue weighted by atomic mass is 19.1. The Morgan fingerprint density at radius 1 is 1.41 bits per heavy atom. The van der Waals surface area contributed by atoms with E-state index in [0.717, 1.165) is 0 Å². The van der Waals surface area contributed by atoms with E-state index in [-0.39, 0.29) is 18.3 Å². The lowest BCUT2D eigenvalue weighted by atomic mass is 10.1. The Kier molecular flexibility index (Phi) is 5.10. The van der Waals surface area contributed by atoms with Gasteiger partial charge < -0.3 is 5.11 Å². The SMILES string of the molecule is CC(C)N(CCC(=O)O)Cc1ccccc1F. The van der Waals surface area contributed by atoms with Gasteiger partial charge in [-0.3, -0.25) is 9.69 Å². The zero-order valence-electron chi connectivity index (χ0n) is 10.2. The minimum atomic E-state index is -0.829. The largest absolute Gasteiger partial charge is 0.481 e. The summed E-state index contributed by atoms with van der Waals surface area (Å²) in [5.74, 6) is -1.07. The second-order valence-electron chi connectivity index (χ2n) is 4.30. The predicted octanol–water partition coefficient (Wildman–Crippen LogP) is 2.51. The van der Waals surface area contributed by atoms with Crippen LogP contribution < -0.4 is 0 Å². The van der Waals surface area contributed by atoms with E-state index < -0.39 is 5.97 Å². The molecular weight excluding hydrogens is 221 g/mol. The number of hydrogen-bond acceptors (Lipinski definition) is 2. The molecule has 0 unspecified atom stereocenters. The predicted molar refractivity (Wildman–Crippen MR) is 64.2 cm³/mol. The summed E-state index contributed by atoms with van der Waals surface area (Å²) in [7, 11) is 0. The lowest BCUT2D eigenvalue weighted by molar-refractivity contribution is -0.137. The van der Waals surface area contributed by atoms with Crippen molar-refractivity contribution in [1.82, 2.24) is 4.90 Å². The quantitative estimate of drug-likeness (QED) is 0.829. The molecular formula is C13H18FNO2. The fraction of sp³-hybridized carbons (Fsp3) is 0.462. The van der Waals surface area contributed by atoms with Gasteiger partial charge in [0.25, 0.3) is 0 Å². The first-order chi connectivity index (χ1) is 8.00. The maximum atomic E-state index is 13.5. The van der Waals surface area contributed by atoms with E-state index in [0.29, 0.717) is 18.7 Å². The van der Waals surface area contributed by atoms with Crippen molar-refractivity contribution in [2.24, 2.45) is 0 Å². The molecule has 1 N–H and O–H groups in total. The minimum Gasteiger partial charge on any atom is -0.481 e. The summed E-state index contributed by atoms with van der Waals surface area (Å²) in [5.41, 5.74) is 0.603. The van der Waals surface area contributed by atoms with Crippen LogP contribution in [-0.2, 0) is 11.3 Å². The van der Waals surface area contributed by atoms with Gasteiger partial charge >= 0.3 is 5.97 Å². The fourth-order valence-electron chi connectivity index (χ4n) is 1.60. The summed E-state index contributed by atoms with van der Waals surface area (Å²) in [6.45, 7) is 4.82. The topological polar surface area (TPSA) is 40.5 Å². The molecule has 0 amide bonds. The molecule has 0 aliphatic carbocycles. The van der Waals surface area contributed by atoms with Crippen molar-refractivity contribution in [3.8, 4) is 0 Å². The number of halogens is 1. The van der Waals surface area contributed by atoms with Crippen LogP contribution in [0.2, 0.25) is 0 Å². The lowest BCUT2D eigenvalue weighted by Crippen LogP contribution is -2.32. The number of carboxylic acids is 1. The van der Waals surface area contributed by atoms with E-state index in [2.05, 4.69) is 0 Å². The van der Waals surface area contributed by atoms with Gasteiger partial charge in [0.15, 0.2) is 0 Å². The van der Waals surface area contributed by atoms with Crippen LogP contribution in [0.15, 0.2) is 24.3 Å². The van der Waals surface area contributed by atoms with Crippen LogP contribution in [0.5, 0.6) is 0 Å². The molecule has 17 heavy (non-hydrogen) atoms. The first-order valence-electron chi connectivity index (χ1n) is 5.70. The average Bonchev–Trinajstić information content (AvgIpc) is 2.25. The molecule has 0 bridgehead atoms. The maximum absolute atomic E-state index is 13.5. The molecule has 0 aromatic heterocycles. The molecule has 0 atom stereocenters. The molecule has 3 nitrogen and oxygen atoms in total. The molecule has 0 heterocycles. The number of benzene rings is 1. The molecule has 0 saturated carbocycles. The van der Waals surface area contributed by atoms with Crippen LogP contribution in [0.25, 0.3) is 0 Å². The highest BCUT2D eigenvalue weighted by Crippen LogP contribution is 2.12. The van der Waals surface area contributed by atoms with Gasteiger partial charge in [-0.2, -0.15) is 0 Å². The third-order valence-corrected chi connectivity index (χ3v) is 2.67. The van der Waals surface area contributed by atoms with E-state index >= 15 is 0 Å². The van der Waals surface area contributed by atoms with Crippen LogP contribution in [0.4, 0.5) is 4.39 Å². The van der Waals surface area contributed by atoms with Crippen molar-refractivity contribution in [3.05, 3.63) is 35.6 Å². The van der Waals surface area contributed by atoms with Gasteiger partial charge in [0.2, 0.25) is 0 Å². The second-order valence-corrected chi connectivity index (χ2v) is 4.30. The Hall–Kier alpha value is -1.42. The Morgan fingerprint density at radius 2 is 2.06 bits per heavy atom. The summed E-state index contributed by atoms with van der Waals surface area (Å²) in [5, 5.41) is 8.66. The van der Waals surface area contributed by atoms with Crippen molar-refractivity contribution >= 4 is 5.97 Å². The van der Waals surface area contributed by atoms with E-state index in [1.54, 1.807) is 18.2 Å². The van der Waals surface area contributed by atoms with Gasteiger partial charge in [-0.1, -0.05) is 18.2 Å². The van der Waals surface area contributed by atoms with Crippen molar-refractivity contribution in [2.45, 2.75) is 32.9 Å². The van der Waals surface area contributed by atoms with Crippen molar-refractivity contribution in [2.75, 3.05) is 6.54 Å². The van der Waals surface area contributed by atoms with Gasteiger partial charge in [0.1, 0.15) is 5.82 Å². The zero-order chi connectivity index (χ0) is 12.8. The molecule has 94 valence electrons. The van der Waals surface area contributed by atoms with E-state index in [9.17, 15) is 9.18 Å². The molecule has 0 aliphatic rings. The van der Waals surface area contributed by atoms with Crippen LogP contribution >= 0.6 is 0 Å². The van der Waals surface area contributed by atoms with E-state index in [4.69, 9.17) is 5.11 Å². The van der Waals surface area contributed by atoms with Crippen LogP contribution in [0, 0.1) is 5.82 Å². The summed E-state index contributed by atoms with van der Waals surface area (Å²) in [4.78, 5) is 12.5. The first kappa shape index (κ1) is 13.6. The molecule has 0 aliphatic heterocycles. The van der Waals surface area contributed by atoms with Crippen LogP contribution in [-0.4, -0.2) is 28.6 Å². The average molecular weight is 239 g/mol. The van der Waals surface area contributed by atoms with Crippen LogP contribution in [0.3, 0.4) is 0 Å². The number of rotatable bonds is 6. The number of carbonyl (C=O) groups is 1. The summed E-state index contributed by atoms with van der Waals surface area (Å²) in [6.07, 6.45) is 0.0760. The van der Waals surface area contributed by atoms with E-state index in [1.165, 1.54) is 6.07 Å². The Labute approximate surface area is 101 Å². The molecule has 1 rings (SSSR count). The summed E-state index contributed by atoms with van der Waals surface area (Å²) >= 11 is 0. The van der Waals surface area contributed by atoms with Crippen LogP contribution in [0.1, 0.15) is 25.8 Å². The first-order valence-corrected chi connectivity index (χ1v) is 5.70. The van der Waals surface area contributed by atoms with Crippen molar-refractivity contribution in [1.29, 1.82) is 0 Å². The Morgan fingerprint density at radius 3 is 2.59 bits per heavy atom. The molecule has 4 heteroatoms. The van der Waals surface area contributed by atoms with Gasteiger partial charge in [-0.15, -0.1) is 0 Å². The Bertz CT molecular complexity index is 379. The number of nitrogens with zero attached hydrogens (tertiary/aromatic N) is 1. The number of carboxylic acid groups (broad SMARTS) is 1. The molecule has 0 spiro atoms. The molecule has 1 aromatic rings. The van der Waals surface area contributed by atoms with Gasteiger partial charge in [0, 0.05) is 24.7 Å². The minimum absolute atomic E-state index is 0.0760. The highest BCUT2D eigenvalue weighted by molar-refractivity contribution is 5.66. The maximum Gasteiger partial charge on any atom is 0.304 e. The number of hydrogen-bond donors (Lipinski definition) is 1. The monoisotopic (exact) mass is 239 g/mol. The Balaban J connectivity index is 2.67. The van der Waals surface area contributed by atoms with Gasteiger partial charge in [0.05, 0.1) is 6.42 Å². The molecule has 0 fully saturated rings. The lowest BCUT2D eigenvalue weighted by Gasteiger charge is -2.26. The molecule has 0 saturated heterocycles. The summed E-state index contributed by atoms with van der Waals surface area (Å²) in [6, 6.07) is 6.77. The van der Waals surface area contributed by atoms with Gasteiger partial charge in [-0.05, 0) is 19.9 Å². The molecule has 0 radical (unpaired) electrons. The zero-order valence-corrected chi connectivity index (χ0v) is 10.2. The third kappa shape index (κ3) is 4.53. The normalized spacial score (nSPS) is 11.1. The second kappa shape index (κ2) is 6.35. The van der Waals surface area contributed by atoms with E-state index in [1.807, 2.05) is 18.7 Å². The smallest absolute Gasteiger partial charge is 0.304 e. The number of aliphatic carboxylic acids is 1. The third-order valence-electron chi connectivity index (χ3n) is 2.67. The summed E-state index contributed by atoms with van der Waals surface area (Å²) < 4.78 is 13.5. The molecule has 1 aromatic carbocycles. The van der Waals surface area contributed by atoms with Gasteiger partial charge in [-0.25, -0.2) is 4.39 Å². The van der Waals surface area contributed by atoms with Crippen molar-refractivity contribution in [3.63, 3.8) is 0 Å². The van der Waals surface area contributed by atoms with Crippen molar-refractivity contribution < 1.29 is 14.3 Å². The highest BCUT2D eigenvalue weighted by Gasteiger charge is 2.13. The standard InChI is InChI=1S/C13H18FNO2/c1-10(2)15(8-7-13(16)17)9-11-5-3-4-6-12(11)14/h3-6,10H,7-9H2,1-2H3,(H,16,17). The fourth-order valence-corrected chi connectivity index (χ4v) is 1.60.